The molecule has 0 radical (unpaired) electrons. The number of nitrogens with one attached hydrogen (secondary N) is 2. The fourth-order valence-electron chi connectivity index (χ4n) is 5.33. The van der Waals surface area contributed by atoms with Crippen LogP contribution in [0.25, 0.3) is 11.1 Å². The number of amides is 2. The Balaban J connectivity index is 1.84. The minimum absolute atomic E-state index is 0.205. The summed E-state index contributed by atoms with van der Waals surface area (Å²) in [6.07, 6.45) is 2.74. The van der Waals surface area contributed by atoms with Crippen molar-refractivity contribution in [1.82, 2.24) is 5.32 Å². The summed E-state index contributed by atoms with van der Waals surface area (Å²) in [5, 5.41) is 6.23. The molecule has 1 atom stereocenters. The van der Waals surface area contributed by atoms with Crippen LogP contribution in [0, 0.1) is 0 Å². The largest absolute Gasteiger partial charge is 0.493 e. The topological polar surface area (TPSA) is 95.1 Å². The lowest BCUT2D eigenvalue weighted by molar-refractivity contribution is 0.248. The molecule has 39 heavy (non-hydrogen) atoms. The number of hydrogen-bond donors (Lipinski definition) is 2. The van der Waals surface area contributed by atoms with Crippen LogP contribution in [0.3, 0.4) is 0 Å². The molecule has 1 aliphatic carbocycles. The van der Waals surface area contributed by atoms with Gasteiger partial charge in [-0.15, -0.1) is 0 Å². The third-order valence-corrected chi connectivity index (χ3v) is 7.26. The number of anilines is 1. The van der Waals surface area contributed by atoms with E-state index in [9.17, 15) is 9.59 Å². The van der Waals surface area contributed by atoms with E-state index in [2.05, 4.69) is 24.5 Å². The van der Waals surface area contributed by atoms with Crippen molar-refractivity contribution in [3.63, 3.8) is 0 Å². The van der Waals surface area contributed by atoms with Gasteiger partial charge in [-0.05, 0) is 71.7 Å². The highest BCUT2D eigenvalue weighted by atomic mass is 16.5. The van der Waals surface area contributed by atoms with Crippen molar-refractivity contribution >= 4 is 11.7 Å². The van der Waals surface area contributed by atoms with E-state index in [4.69, 9.17) is 18.9 Å². The molecule has 3 aromatic carbocycles. The summed E-state index contributed by atoms with van der Waals surface area (Å²) >= 11 is 0. The fraction of sp³-hybridized carbons (Fsp3) is 0.355. The molecule has 206 valence electrons. The molecule has 0 saturated carbocycles. The Morgan fingerprint density at radius 2 is 1.54 bits per heavy atom. The summed E-state index contributed by atoms with van der Waals surface area (Å²) in [4.78, 5) is 26.5. The lowest BCUT2D eigenvalue weighted by Crippen LogP contribution is -2.33. The van der Waals surface area contributed by atoms with Crippen LogP contribution in [0.1, 0.15) is 48.6 Å². The Morgan fingerprint density at radius 3 is 2.13 bits per heavy atom. The van der Waals surface area contributed by atoms with E-state index in [1.807, 2.05) is 30.3 Å². The average molecular weight is 533 g/mol. The molecule has 0 spiro atoms. The normalized spacial score (nSPS) is 13.8. The number of aryl methyl sites for hydroxylation is 3. The molecule has 8 nitrogen and oxygen atoms in total. The number of carbonyl (C=O) groups excluding carboxylic acids is 1. The van der Waals surface area contributed by atoms with Gasteiger partial charge in [-0.25, -0.2) is 4.79 Å². The Bertz CT molecular complexity index is 1410. The number of urea groups is 1. The first-order valence-electron chi connectivity index (χ1n) is 13.1. The van der Waals surface area contributed by atoms with Gasteiger partial charge in [-0.2, -0.15) is 0 Å². The van der Waals surface area contributed by atoms with Crippen LogP contribution < -0.4 is 35.0 Å². The highest BCUT2D eigenvalue weighted by molar-refractivity contribution is 5.92. The van der Waals surface area contributed by atoms with Crippen molar-refractivity contribution < 1.29 is 23.7 Å². The Hall–Kier alpha value is -4.20. The molecule has 0 unspecified atom stereocenters. The lowest BCUT2D eigenvalue weighted by Gasteiger charge is -2.21. The third kappa shape index (κ3) is 5.37. The third-order valence-electron chi connectivity index (χ3n) is 7.26. The van der Waals surface area contributed by atoms with Gasteiger partial charge in [-0.3, -0.25) is 4.79 Å². The zero-order valence-electron chi connectivity index (χ0n) is 23.4. The number of benzene rings is 2. The first-order valence-corrected chi connectivity index (χ1v) is 13.1. The molecule has 3 aromatic rings. The maximum absolute atomic E-state index is 13.4. The van der Waals surface area contributed by atoms with Crippen LogP contribution >= 0.6 is 0 Å². The molecule has 4 rings (SSSR count). The highest BCUT2D eigenvalue weighted by Crippen LogP contribution is 2.50. The van der Waals surface area contributed by atoms with E-state index in [1.54, 1.807) is 33.5 Å². The van der Waals surface area contributed by atoms with Crippen LogP contribution in [0.15, 0.2) is 47.3 Å². The van der Waals surface area contributed by atoms with Crippen LogP contribution in [-0.4, -0.2) is 34.5 Å². The van der Waals surface area contributed by atoms with Crippen LogP contribution in [0.5, 0.6) is 23.0 Å². The van der Waals surface area contributed by atoms with E-state index < -0.39 is 6.04 Å². The lowest BCUT2D eigenvalue weighted by atomic mass is 9.95. The van der Waals surface area contributed by atoms with Crippen LogP contribution in [0.2, 0.25) is 0 Å². The number of para-hydroxylation sites is 1. The summed E-state index contributed by atoms with van der Waals surface area (Å²) in [6.45, 7) is 4.13. The molecule has 1 aliphatic rings. The zero-order chi connectivity index (χ0) is 28.1. The summed E-state index contributed by atoms with van der Waals surface area (Å²) in [7, 11) is 6.17. The van der Waals surface area contributed by atoms with Gasteiger partial charge < -0.3 is 29.6 Å². The first-order chi connectivity index (χ1) is 18.9. The summed E-state index contributed by atoms with van der Waals surface area (Å²) in [5.74, 6) is 1.71. The van der Waals surface area contributed by atoms with Gasteiger partial charge in [0.05, 0.1) is 34.5 Å². The van der Waals surface area contributed by atoms with Gasteiger partial charge in [0, 0.05) is 11.3 Å². The highest BCUT2D eigenvalue weighted by Gasteiger charge is 2.30. The van der Waals surface area contributed by atoms with Gasteiger partial charge >= 0.3 is 6.03 Å². The standard InChI is InChI=1S/C31H36N2O6/c1-7-18-10-9-11-19(8-2)28(18)33-31(35)32-23-14-12-20-16-26(37-4)29(38-5)30(39-6)27(20)21-13-15-25(36-3)24(34)17-22(21)23/h9-11,13,15-17,23H,7-8,12,14H2,1-6H3,(H2,32,33,35)/t23-/m0/s1. The smallest absolute Gasteiger partial charge is 0.319 e. The number of hydrogen-bond acceptors (Lipinski definition) is 6. The molecule has 2 amide bonds. The second kappa shape index (κ2) is 12.1. The second-order valence-electron chi connectivity index (χ2n) is 9.31. The SMILES string of the molecule is CCc1cccc(CC)c1NC(=O)N[C@H]1CCc2cc(OC)c(OC)c(OC)c2-c2ccc(OC)c(=O)cc21. The summed E-state index contributed by atoms with van der Waals surface area (Å²) < 4.78 is 22.4. The van der Waals surface area contributed by atoms with Crippen LogP contribution in [0.4, 0.5) is 10.5 Å². The van der Waals surface area contributed by atoms with Crippen LogP contribution in [-0.2, 0) is 19.3 Å². The van der Waals surface area contributed by atoms with Crippen molar-refractivity contribution in [2.45, 2.75) is 45.6 Å². The molecule has 2 N–H and O–H groups in total. The molecule has 0 aliphatic heterocycles. The number of carbonyl (C=O) groups is 1. The molecule has 0 bridgehead atoms. The van der Waals surface area contributed by atoms with E-state index in [1.165, 1.54) is 7.11 Å². The number of methoxy groups -OCH3 is 4. The average Bonchev–Trinajstić information content (AvgIpc) is 3.20. The van der Waals surface area contributed by atoms with Gasteiger partial charge in [-0.1, -0.05) is 38.1 Å². The van der Waals surface area contributed by atoms with E-state index in [0.29, 0.717) is 35.7 Å². The second-order valence-corrected chi connectivity index (χ2v) is 9.31. The zero-order valence-corrected chi connectivity index (χ0v) is 23.4. The Kier molecular flexibility index (Phi) is 8.64. The number of ether oxygens (including phenoxy) is 4. The molecule has 8 heteroatoms. The van der Waals surface area contributed by atoms with Crippen molar-refractivity contribution in [2.24, 2.45) is 0 Å². The van der Waals surface area contributed by atoms with Crippen molar-refractivity contribution in [3.05, 3.63) is 74.9 Å². The molecule has 0 fully saturated rings. The first kappa shape index (κ1) is 27.8. The molecule has 0 heterocycles. The van der Waals surface area contributed by atoms with Gasteiger partial charge in [0.15, 0.2) is 17.2 Å². The summed E-state index contributed by atoms with van der Waals surface area (Å²) in [5.41, 5.74) is 5.85. The van der Waals surface area contributed by atoms with Crippen molar-refractivity contribution in [2.75, 3.05) is 33.8 Å². The van der Waals surface area contributed by atoms with Gasteiger partial charge in [0.25, 0.3) is 0 Å². The Labute approximate surface area is 229 Å². The van der Waals surface area contributed by atoms with E-state index in [0.717, 1.165) is 46.3 Å². The predicted molar refractivity (Wildman–Crippen MR) is 153 cm³/mol. The number of fused-ring (bicyclic) bond motifs is 3. The Morgan fingerprint density at radius 1 is 0.872 bits per heavy atom. The van der Waals surface area contributed by atoms with Gasteiger partial charge in [0.2, 0.25) is 11.2 Å². The quantitative estimate of drug-likeness (QED) is 0.388. The number of rotatable bonds is 8. The molecular formula is C31H36N2O6. The summed E-state index contributed by atoms with van der Waals surface area (Å²) in [6, 6.07) is 12.2. The van der Waals surface area contributed by atoms with E-state index >= 15 is 0 Å². The molecular weight excluding hydrogens is 496 g/mol. The molecule has 0 saturated heterocycles. The predicted octanol–water partition coefficient (Wildman–Crippen LogP) is 5.68. The maximum Gasteiger partial charge on any atom is 0.319 e. The minimum atomic E-state index is -0.460. The maximum atomic E-state index is 13.4. The van der Waals surface area contributed by atoms with Crippen molar-refractivity contribution in [1.29, 1.82) is 0 Å². The monoisotopic (exact) mass is 532 g/mol. The fourth-order valence-corrected chi connectivity index (χ4v) is 5.33. The van der Waals surface area contributed by atoms with E-state index in [-0.39, 0.29) is 17.2 Å². The molecule has 0 aromatic heterocycles. The van der Waals surface area contributed by atoms with Gasteiger partial charge in [0.1, 0.15) is 0 Å². The van der Waals surface area contributed by atoms with Crippen molar-refractivity contribution in [3.8, 4) is 34.1 Å². The minimum Gasteiger partial charge on any atom is -0.493 e.